The number of thioether (sulfide) groups is 1. The van der Waals surface area contributed by atoms with E-state index in [0.29, 0.717) is 13.0 Å². The van der Waals surface area contributed by atoms with Crippen molar-refractivity contribution in [2.75, 3.05) is 37.8 Å². The zero-order chi connectivity index (χ0) is 22.4. The number of fused-ring (bicyclic) bond motifs is 1. The van der Waals surface area contributed by atoms with Crippen LogP contribution in [0.4, 0.5) is 5.13 Å². The average Bonchev–Trinajstić information content (AvgIpc) is 3.13. The number of anilines is 1. The van der Waals surface area contributed by atoms with Gasteiger partial charge in [-0.15, -0.1) is 24.2 Å². The van der Waals surface area contributed by atoms with Crippen LogP contribution in [0, 0.1) is 20.8 Å². The number of amides is 1. The minimum atomic E-state index is 0. The fraction of sp³-hybridized carbons (Fsp3) is 0.440. The molecule has 3 rings (SSSR count). The van der Waals surface area contributed by atoms with Crippen molar-refractivity contribution in [2.45, 2.75) is 44.9 Å². The first-order chi connectivity index (χ1) is 14.8. The van der Waals surface area contributed by atoms with Crippen molar-refractivity contribution in [3.63, 3.8) is 0 Å². The number of hydrogen-bond acceptors (Lipinski definition) is 5. The Morgan fingerprint density at radius 2 is 1.72 bits per heavy atom. The summed E-state index contributed by atoms with van der Waals surface area (Å²) in [5.41, 5.74) is 4.70. The van der Waals surface area contributed by atoms with Gasteiger partial charge < -0.3 is 4.90 Å². The SMILES string of the molecule is Cc1ccc(SCCCC(=O)N(CCCN(C)C)c2nc3c(C)cc(C)cc3s2)cc1.Cl. The second kappa shape index (κ2) is 12.6. The van der Waals surface area contributed by atoms with Crippen LogP contribution >= 0.6 is 35.5 Å². The number of carbonyl (C=O) groups is 1. The van der Waals surface area contributed by atoms with E-state index in [-0.39, 0.29) is 18.3 Å². The molecule has 0 spiro atoms. The Bertz CT molecular complexity index is 1020. The van der Waals surface area contributed by atoms with Crippen molar-refractivity contribution < 1.29 is 4.79 Å². The molecular weight excluding hydrogens is 458 g/mol. The molecule has 1 heterocycles. The first-order valence-electron chi connectivity index (χ1n) is 10.9. The van der Waals surface area contributed by atoms with E-state index in [4.69, 9.17) is 4.98 Å². The minimum Gasteiger partial charge on any atom is -0.309 e. The summed E-state index contributed by atoms with van der Waals surface area (Å²) >= 11 is 3.45. The van der Waals surface area contributed by atoms with Gasteiger partial charge in [0, 0.05) is 17.9 Å². The maximum atomic E-state index is 13.2. The van der Waals surface area contributed by atoms with Gasteiger partial charge in [0.05, 0.1) is 10.2 Å². The number of nitrogens with zero attached hydrogens (tertiary/aromatic N) is 3. The summed E-state index contributed by atoms with van der Waals surface area (Å²) in [5.74, 6) is 1.12. The van der Waals surface area contributed by atoms with Gasteiger partial charge in [0.1, 0.15) is 0 Å². The fourth-order valence-corrected chi connectivity index (χ4v) is 5.57. The number of hydrogen-bond donors (Lipinski definition) is 0. The van der Waals surface area contributed by atoms with E-state index in [2.05, 4.69) is 76.2 Å². The van der Waals surface area contributed by atoms with Gasteiger partial charge in [-0.1, -0.05) is 35.1 Å². The highest BCUT2D eigenvalue weighted by molar-refractivity contribution is 7.99. The summed E-state index contributed by atoms with van der Waals surface area (Å²) in [4.78, 5) is 23.4. The van der Waals surface area contributed by atoms with Crippen molar-refractivity contribution in [1.82, 2.24) is 9.88 Å². The van der Waals surface area contributed by atoms with Crippen LogP contribution in [0.25, 0.3) is 10.2 Å². The highest BCUT2D eigenvalue weighted by Gasteiger charge is 2.20. The van der Waals surface area contributed by atoms with Crippen molar-refractivity contribution in [3.8, 4) is 0 Å². The number of rotatable bonds is 10. The predicted octanol–water partition coefficient (Wildman–Crippen LogP) is 6.50. The van der Waals surface area contributed by atoms with Crippen LogP contribution in [-0.2, 0) is 4.79 Å². The molecule has 0 saturated carbocycles. The van der Waals surface area contributed by atoms with E-state index in [1.54, 1.807) is 11.3 Å². The Morgan fingerprint density at radius 3 is 2.41 bits per heavy atom. The standard InChI is InChI=1S/C25H33N3OS2.ClH/c1-18-9-11-21(12-10-18)30-15-6-8-23(29)28(14-7-13-27(4)5)25-26-24-20(3)16-19(2)17-22(24)31-25;/h9-12,16-17H,6-8,13-15H2,1-5H3;1H. The molecule has 1 amide bonds. The quantitative estimate of drug-likeness (QED) is 0.239. The van der Waals surface area contributed by atoms with E-state index >= 15 is 0 Å². The number of carbonyl (C=O) groups excluding carboxylic acids is 1. The molecule has 0 bridgehead atoms. The molecule has 0 aliphatic carbocycles. The lowest BCUT2D eigenvalue weighted by Crippen LogP contribution is -2.33. The topological polar surface area (TPSA) is 36.4 Å². The lowest BCUT2D eigenvalue weighted by Gasteiger charge is -2.21. The second-order valence-electron chi connectivity index (χ2n) is 8.39. The molecular formula is C25H34ClN3OS2. The lowest BCUT2D eigenvalue weighted by molar-refractivity contribution is -0.118. The third kappa shape index (κ3) is 7.48. The highest BCUT2D eigenvalue weighted by atomic mass is 35.5. The molecule has 0 atom stereocenters. The van der Waals surface area contributed by atoms with Crippen LogP contribution < -0.4 is 4.90 Å². The molecule has 1 aromatic heterocycles. The number of benzene rings is 2. The van der Waals surface area contributed by atoms with Crippen molar-refractivity contribution in [1.29, 1.82) is 0 Å². The summed E-state index contributed by atoms with van der Waals surface area (Å²) in [6.45, 7) is 7.97. The number of halogens is 1. The Hall–Kier alpha value is -1.60. The van der Waals surface area contributed by atoms with E-state index < -0.39 is 0 Å². The van der Waals surface area contributed by atoms with Gasteiger partial charge >= 0.3 is 0 Å². The maximum Gasteiger partial charge on any atom is 0.228 e. The molecule has 2 aromatic carbocycles. The van der Waals surface area contributed by atoms with Crippen molar-refractivity contribution in [2.24, 2.45) is 0 Å². The van der Waals surface area contributed by atoms with Gasteiger partial charge in [0.2, 0.25) is 5.91 Å². The summed E-state index contributed by atoms with van der Waals surface area (Å²) in [6, 6.07) is 12.9. The van der Waals surface area contributed by atoms with Gasteiger partial charge in [-0.25, -0.2) is 4.98 Å². The van der Waals surface area contributed by atoms with Gasteiger partial charge in [-0.05, 0) is 89.3 Å². The molecule has 174 valence electrons. The molecule has 0 radical (unpaired) electrons. The summed E-state index contributed by atoms with van der Waals surface area (Å²) in [5, 5.41) is 0.832. The monoisotopic (exact) mass is 491 g/mol. The molecule has 32 heavy (non-hydrogen) atoms. The second-order valence-corrected chi connectivity index (χ2v) is 10.6. The number of thiazole rings is 1. The number of aromatic nitrogens is 1. The van der Waals surface area contributed by atoms with Crippen LogP contribution in [-0.4, -0.2) is 48.7 Å². The molecule has 7 heteroatoms. The van der Waals surface area contributed by atoms with E-state index in [1.165, 1.54) is 21.6 Å². The predicted molar refractivity (Wildman–Crippen MR) is 143 cm³/mol. The minimum absolute atomic E-state index is 0. The Balaban J connectivity index is 0.00000363. The molecule has 0 unspecified atom stereocenters. The van der Waals surface area contributed by atoms with Crippen LogP contribution in [0.1, 0.15) is 36.0 Å². The van der Waals surface area contributed by atoms with E-state index in [0.717, 1.165) is 40.5 Å². The molecule has 3 aromatic rings. The summed E-state index contributed by atoms with van der Waals surface area (Å²) in [7, 11) is 4.14. The maximum absolute atomic E-state index is 13.2. The summed E-state index contributed by atoms with van der Waals surface area (Å²) < 4.78 is 1.16. The average molecular weight is 492 g/mol. The van der Waals surface area contributed by atoms with E-state index in [1.807, 2.05) is 16.7 Å². The number of aryl methyl sites for hydroxylation is 3. The first-order valence-corrected chi connectivity index (χ1v) is 12.7. The Kier molecular flexibility index (Phi) is 10.5. The smallest absolute Gasteiger partial charge is 0.228 e. The Labute approximate surface area is 206 Å². The molecule has 0 aliphatic rings. The van der Waals surface area contributed by atoms with Gasteiger partial charge in [0.15, 0.2) is 5.13 Å². The van der Waals surface area contributed by atoms with Crippen LogP contribution in [0.2, 0.25) is 0 Å². The zero-order valence-electron chi connectivity index (χ0n) is 19.7. The normalized spacial score (nSPS) is 11.1. The fourth-order valence-electron chi connectivity index (χ4n) is 3.53. The molecule has 0 N–H and O–H groups in total. The van der Waals surface area contributed by atoms with Crippen LogP contribution in [0.3, 0.4) is 0 Å². The first kappa shape index (κ1) is 26.7. The van der Waals surface area contributed by atoms with Crippen LogP contribution in [0.15, 0.2) is 41.3 Å². The van der Waals surface area contributed by atoms with E-state index in [9.17, 15) is 4.79 Å². The largest absolute Gasteiger partial charge is 0.309 e. The highest BCUT2D eigenvalue weighted by Crippen LogP contribution is 2.32. The summed E-state index contributed by atoms with van der Waals surface area (Å²) in [6.07, 6.45) is 2.35. The van der Waals surface area contributed by atoms with Gasteiger partial charge in [-0.2, -0.15) is 0 Å². The van der Waals surface area contributed by atoms with Crippen LogP contribution in [0.5, 0.6) is 0 Å². The third-order valence-electron chi connectivity index (χ3n) is 5.16. The third-order valence-corrected chi connectivity index (χ3v) is 7.29. The molecule has 4 nitrogen and oxygen atoms in total. The zero-order valence-corrected chi connectivity index (χ0v) is 22.1. The van der Waals surface area contributed by atoms with Gasteiger partial charge in [0.25, 0.3) is 0 Å². The van der Waals surface area contributed by atoms with Crippen molar-refractivity contribution >= 4 is 56.8 Å². The molecule has 0 aliphatic heterocycles. The molecule has 0 fully saturated rings. The van der Waals surface area contributed by atoms with Gasteiger partial charge in [-0.3, -0.25) is 9.69 Å². The lowest BCUT2D eigenvalue weighted by atomic mass is 10.1. The Morgan fingerprint density at radius 1 is 1.00 bits per heavy atom. The van der Waals surface area contributed by atoms with Crippen molar-refractivity contribution in [3.05, 3.63) is 53.1 Å². The molecule has 0 saturated heterocycles.